The van der Waals surface area contributed by atoms with Crippen LogP contribution in [0, 0.1) is 13.8 Å². The summed E-state index contributed by atoms with van der Waals surface area (Å²) in [5, 5.41) is 3.35. The molecule has 1 atom stereocenters. The summed E-state index contributed by atoms with van der Waals surface area (Å²) in [6, 6.07) is 6.04. The zero-order valence-electron chi connectivity index (χ0n) is 13.3. The van der Waals surface area contributed by atoms with Crippen molar-refractivity contribution in [3.8, 4) is 11.5 Å². The van der Waals surface area contributed by atoms with Crippen LogP contribution in [-0.4, -0.2) is 30.8 Å². The summed E-state index contributed by atoms with van der Waals surface area (Å²) in [5.41, 5.74) is 3.35. The van der Waals surface area contributed by atoms with Crippen molar-refractivity contribution in [2.45, 2.75) is 26.4 Å². The lowest BCUT2D eigenvalue weighted by molar-refractivity contribution is 0.381. The molecule has 0 aliphatic carbocycles. The average molecular weight is 289 g/mol. The largest absolute Gasteiger partial charge is 0.497 e. The summed E-state index contributed by atoms with van der Waals surface area (Å²) in [7, 11) is 5.28. The van der Waals surface area contributed by atoms with Crippen LogP contribution < -0.4 is 14.8 Å². The third-order valence-corrected chi connectivity index (χ3v) is 3.89. The van der Waals surface area contributed by atoms with Gasteiger partial charge in [-0.05, 0) is 33.0 Å². The Morgan fingerprint density at radius 1 is 1.24 bits per heavy atom. The quantitative estimate of drug-likeness (QED) is 0.887. The number of nitrogens with one attached hydrogen (secondary N) is 1. The van der Waals surface area contributed by atoms with E-state index in [9.17, 15) is 0 Å². The van der Waals surface area contributed by atoms with Gasteiger partial charge in [0.15, 0.2) is 0 Å². The fourth-order valence-corrected chi connectivity index (χ4v) is 2.38. The summed E-state index contributed by atoms with van der Waals surface area (Å²) in [4.78, 5) is 4.35. The maximum atomic E-state index is 5.50. The van der Waals surface area contributed by atoms with E-state index in [-0.39, 0.29) is 6.04 Å². The zero-order chi connectivity index (χ0) is 15.4. The second-order valence-corrected chi connectivity index (χ2v) is 5.02. The molecule has 0 aliphatic heterocycles. The van der Waals surface area contributed by atoms with Crippen LogP contribution in [0.25, 0.3) is 0 Å². The molecule has 2 rings (SSSR count). The van der Waals surface area contributed by atoms with E-state index in [4.69, 9.17) is 9.47 Å². The summed E-state index contributed by atoms with van der Waals surface area (Å²) in [6.07, 6.45) is 1.88. The topological polar surface area (TPSA) is 48.3 Å². The van der Waals surface area contributed by atoms with Crippen molar-refractivity contribution in [2.75, 3.05) is 21.3 Å². The Hall–Kier alpha value is -2.01. The van der Waals surface area contributed by atoms with E-state index in [0.717, 1.165) is 29.3 Å². The lowest BCUT2D eigenvalue weighted by Gasteiger charge is -2.21. The molecule has 0 fully saturated rings. The van der Waals surface area contributed by atoms with Gasteiger partial charge >= 0.3 is 0 Å². The Morgan fingerprint density at radius 2 is 2.00 bits per heavy atom. The van der Waals surface area contributed by atoms with E-state index in [2.05, 4.69) is 21.8 Å². The summed E-state index contributed by atoms with van der Waals surface area (Å²) < 4.78 is 12.9. The van der Waals surface area contributed by atoms with Crippen molar-refractivity contribution in [3.63, 3.8) is 0 Å². The van der Waals surface area contributed by atoms with E-state index in [1.165, 1.54) is 5.69 Å². The van der Waals surface area contributed by atoms with Gasteiger partial charge in [-0.3, -0.25) is 0 Å². The van der Waals surface area contributed by atoms with Crippen LogP contribution in [0.1, 0.15) is 23.0 Å². The molecule has 0 saturated heterocycles. The van der Waals surface area contributed by atoms with Gasteiger partial charge in [-0.1, -0.05) is 0 Å². The van der Waals surface area contributed by atoms with Crippen LogP contribution in [-0.2, 0) is 6.54 Å². The molecule has 0 bridgehead atoms. The van der Waals surface area contributed by atoms with Crippen LogP contribution in [0.5, 0.6) is 11.5 Å². The molecule has 0 radical (unpaired) electrons. The first-order valence-electron chi connectivity index (χ1n) is 6.98. The molecule has 5 heteroatoms. The highest BCUT2D eigenvalue weighted by molar-refractivity contribution is 5.42. The number of aromatic nitrogens is 2. The molecular weight excluding hydrogens is 266 g/mol. The first-order chi connectivity index (χ1) is 10.1. The molecule has 1 aromatic heterocycles. The lowest BCUT2D eigenvalue weighted by atomic mass is 10.1. The van der Waals surface area contributed by atoms with E-state index in [1.807, 2.05) is 38.5 Å². The Labute approximate surface area is 125 Å². The second-order valence-electron chi connectivity index (χ2n) is 5.02. The Balaban J connectivity index is 2.31. The van der Waals surface area contributed by atoms with E-state index in [0.29, 0.717) is 0 Å². The van der Waals surface area contributed by atoms with Crippen LogP contribution in [0.4, 0.5) is 0 Å². The molecule has 0 aliphatic rings. The minimum Gasteiger partial charge on any atom is -0.497 e. The molecule has 1 unspecified atom stereocenters. The number of ether oxygens (including phenoxy) is 2. The molecule has 1 aromatic carbocycles. The number of nitrogens with zero attached hydrogens (tertiary/aromatic N) is 2. The van der Waals surface area contributed by atoms with Gasteiger partial charge in [0.1, 0.15) is 11.5 Å². The Morgan fingerprint density at radius 3 is 2.52 bits per heavy atom. The van der Waals surface area contributed by atoms with E-state index in [1.54, 1.807) is 14.2 Å². The number of hydrogen-bond acceptors (Lipinski definition) is 4. The van der Waals surface area contributed by atoms with Gasteiger partial charge in [0.05, 0.1) is 32.3 Å². The molecule has 2 aromatic rings. The molecule has 5 nitrogen and oxygen atoms in total. The van der Waals surface area contributed by atoms with E-state index >= 15 is 0 Å². The maximum absolute atomic E-state index is 5.50. The van der Waals surface area contributed by atoms with Crippen molar-refractivity contribution < 1.29 is 9.47 Å². The van der Waals surface area contributed by atoms with Crippen molar-refractivity contribution in [3.05, 3.63) is 41.5 Å². The van der Waals surface area contributed by atoms with Gasteiger partial charge in [-0.2, -0.15) is 0 Å². The standard InChI is InChI=1S/C16H23N3O2/c1-11-12(2)19(10-18-11)9-15(17-3)14-7-6-13(20-4)8-16(14)21-5/h6-8,10,15,17H,9H2,1-5H3. The van der Waals surface area contributed by atoms with Gasteiger partial charge in [0.25, 0.3) is 0 Å². The van der Waals surface area contributed by atoms with Gasteiger partial charge in [-0.25, -0.2) is 4.98 Å². The highest BCUT2D eigenvalue weighted by atomic mass is 16.5. The van der Waals surface area contributed by atoms with Crippen LogP contribution >= 0.6 is 0 Å². The number of aryl methyl sites for hydroxylation is 1. The third kappa shape index (κ3) is 3.19. The predicted octanol–water partition coefficient (Wildman–Crippen LogP) is 2.48. The summed E-state index contributed by atoms with van der Waals surface area (Å²) >= 11 is 0. The molecule has 1 heterocycles. The number of imidazole rings is 1. The first-order valence-corrected chi connectivity index (χ1v) is 6.98. The monoisotopic (exact) mass is 289 g/mol. The van der Waals surface area contributed by atoms with Gasteiger partial charge in [0, 0.05) is 23.9 Å². The Kier molecular flexibility index (Phi) is 4.85. The van der Waals surface area contributed by atoms with Crippen molar-refractivity contribution in [1.29, 1.82) is 0 Å². The summed E-state index contributed by atoms with van der Waals surface area (Å²) in [5.74, 6) is 1.61. The fourth-order valence-electron chi connectivity index (χ4n) is 2.38. The SMILES string of the molecule is CNC(Cn1cnc(C)c1C)c1ccc(OC)cc1OC. The average Bonchev–Trinajstić information content (AvgIpc) is 2.83. The number of methoxy groups -OCH3 is 2. The molecule has 114 valence electrons. The molecule has 0 saturated carbocycles. The minimum absolute atomic E-state index is 0.137. The van der Waals surface area contributed by atoms with E-state index < -0.39 is 0 Å². The first kappa shape index (κ1) is 15.4. The zero-order valence-corrected chi connectivity index (χ0v) is 13.3. The molecule has 0 spiro atoms. The predicted molar refractivity (Wildman–Crippen MR) is 83.0 cm³/mol. The molecule has 0 amide bonds. The maximum Gasteiger partial charge on any atom is 0.127 e. The van der Waals surface area contributed by atoms with Crippen molar-refractivity contribution in [1.82, 2.24) is 14.9 Å². The number of likely N-dealkylation sites (N-methyl/N-ethyl adjacent to an activating group) is 1. The van der Waals surface area contributed by atoms with Crippen LogP contribution in [0.2, 0.25) is 0 Å². The van der Waals surface area contributed by atoms with Gasteiger partial charge < -0.3 is 19.4 Å². The molecule has 21 heavy (non-hydrogen) atoms. The number of rotatable bonds is 6. The van der Waals surface area contributed by atoms with Crippen molar-refractivity contribution in [2.24, 2.45) is 0 Å². The summed E-state index contributed by atoms with van der Waals surface area (Å²) in [6.45, 7) is 4.90. The Bertz CT molecular complexity index is 608. The van der Waals surface area contributed by atoms with Crippen molar-refractivity contribution >= 4 is 0 Å². The molecule has 1 N–H and O–H groups in total. The smallest absolute Gasteiger partial charge is 0.127 e. The lowest BCUT2D eigenvalue weighted by Crippen LogP contribution is -2.22. The third-order valence-electron chi connectivity index (χ3n) is 3.89. The molecular formula is C16H23N3O2. The van der Waals surface area contributed by atoms with Crippen LogP contribution in [0.3, 0.4) is 0 Å². The highest BCUT2D eigenvalue weighted by Gasteiger charge is 2.17. The highest BCUT2D eigenvalue weighted by Crippen LogP contribution is 2.30. The normalized spacial score (nSPS) is 12.2. The van der Waals surface area contributed by atoms with Gasteiger partial charge in [-0.15, -0.1) is 0 Å². The number of hydrogen-bond donors (Lipinski definition) is 1. The van der Waals surface area contributed by atoms with Crippen LogP contribution in [0.15, 0.2) is 24.5 Å². The second kappa shape index (κ2) is 6.63. The van der Waals surface area contributed by atoms with Gasteiger partial charge in [0.2, 0.25) is 0 Å². The number of benzene rings is 1. The minimum atomic E-state index is 0.137. The fraction of sp³-hybridized carbons (Fsp3) is 0.438.